The summed E-state index contributed by atoms with van der Waals surface area (Å²) in [6.07, 6.45) is 0. The smallest absolute Gasteiger partial charge is 0.125 e. The molecule has 54 valence electrons. The second kappa shape index (κ2) is 1.92. The van der Waals surface area contributed by atoms with Crippen LogP contribution in [0.5, 0.6) is 0 Å². The first-order valence-corrected chi connectivity index (χ1v) is 4.32. The third kappa shape index (κ3) is 0.653. The number of nitrogens with zero attached hydrogens (tertiary/aromatic N) is 2. The molecule has 2 heterocycles. The second-order valence-electron chi connectivity index (χ2n) is 2.43. The van der Waals surface area contributed by atoms with E-state index in [0.717, 1.165) is 17.3 Å². The molecule has 0 atom stereocenters. The van der Waals surface area contributed by atoms with Crippen LogP contribution in [-0.2, 0) is 18.6 Å². The van der Waals surface area contributed by atoms with E-state index >= 15 is 0 Å². The highest BCUT2D eigenvalue weighted by Crippen LogP contribution is 2.32. The molecule has 1 aromatic heterocycles. The van der Waals surface area contributed by atoms with Crippen molar-refractivity contribution in [1.82, 2.24) is 9.78 Å². The average Bonchev–Trinajstić information content (AvgIpc) is 2.41. The van der Waals surface area contributed by atoms with Gasteiger partial charge < -0.3 is 5.73 Å². The number of thioether (sulfide) groups is 1. The maximum atomic E-state index is 5.74. The quantitative estimate of drug-likeness (QED) is 0.601. The van der Waals surface area contributed by atoms with Crippen LogP contribution in [0.1, 0.15) is 11.3 Å². The molecule has 0 aromatic carbocycles. The van der Waals surface area contributed by atoms with Crippen molar-refractivity contribution < 1.29 is 0 Å². The van der Waals surface area contributed by atoms with Gasteiger partial charge in [0.1, 0.15) is 5.82 Å². The normalized spacial score (nSPS) is 15.7. The fraction of sp³-hybridized carbons (Fsp3) is 0.500. The lowest BCUT2D eigenvalue weighted by Crippen LogP contribution is -1.99. The van der Waals surface area contributed by atoms with E-state index in [2.05, 4.69) is 5.10 Å². The minimum atomic E-state index is 0.833. The van der Waals surface area contributed by atoms with Gasteiger partial charge in [-0.05, 0) is 0 Å². The fourth-order valence-electron chi connectivity index (χ4n) is 1.16. The predicted octanol–water partition coefficient (Wildman–Crippen LogP) is 0.749. The highest BCUT2D eigenvalue weighted by molar-refractivity contribution is 7.98. The van der Waals surface area contributed by atoms with Gasteiger partial charge >= 0.3 is 0 Å². The summed E-state index contributed by atoms with van der Waals surface area (Å²) >= 11 is 1.88. The van der Waals surface area contributed by atoms with E-state index in [-0.39, 0.29) is 0 Å². The number of hydrogen-bond donors (Lipinski definition) is 1. The number of fused-ring (bicyclic) bond motifs is 1. The Hall–Kier alpha value is -0.640. The molecule has 1 aliphatic heterocycles. The average molecular weight is 155 g/mol. The summed E-state index contributed by atoms with van der Waals surface area (Å²) in [6, 6.07) is 0. The van der Waals surface area contributed by atoms with E-state index in [9.17, 15) is 0 Å². The van der Waals surface area contributed by atoms with Crippen LogP contribution < -0.4 is 5.73 Å². The van der Waals surface area contributed by atoms with Gasteiger partial charge in [-0.15, -0.1) is 0 Å². The van der Waals surface area contributed by atoms with Crippen molar-refractivity contribution in [2.75, 3.05) is 5.73 Å². The van der Waals surface area contributed by atoms with Gasteiger partial charge in [0.05, 0.1) is 5.69 Å². The Morgan fingerprint density at radius 3 is 3.10 bits per heavy atom. The first-order chi connectivity index (χ1) is 4.79. The molecule has 2 rings (SSSR count). The van der Waals surface area contributed by atoms with Gasteiger partial charge in [0, 0.05) is 24.1 Å². The zero-order chi connectivity index (χ0) is 7.14. The largest absolute Gasteiger partial charge is 0.384 e. The van der Waals surface area contributed by atoms with Gasteiger partial charge in [-0.1, -0.05) is 0 Å². The van der Waals surface area contributed by atoms with Crippen molar-refractivity contribution in [3.05, 3.63) is 11.3 Å². The van der Waals surface area contributed by atoms with E-state index in [0.29, 0.717) is 0 Å². The number of rotatable bonds is 0. The Kier molecular flexibility index (Phi) is 1.17. The van der Waals surface area contributed by atoms with Crippen molar-refractivity contribution in [3.8, 4) is 0 Å². The van der Waals surface area contributed by atoms with Crippen molar-refractivity contribution >= 4 is 17.6 Å². The van der Waals surface area contributed by atoms with Crippen LogP contribution in [-0.4, -0.2) is 9.78 Å². The molecule has 1 aliphatic rings. The maximum absolute atomic E-state index is 5.74. The summed E-state index contributed by atoms with van der Waals surface area (Å²) in [5, 5.41) is 4.26. The monoisotopic (exact) mass is 155 g/mol. The van der Waals surface area contributed by atoms with Crippen LogP contribution in [0.3, 0.4) is 0 Å². The standard InChI is InChI=1S/C6H9N3S/c1-9-6(7)4-2-10-3-5(4)8-9/h2-3,7H2,1H3. The van der Waals surface area contributed by atoms with E-state index in [1.165, 1.54) is 11.3 Å². The van der Waals surface area contributed by atoms with Gasteiger partial charge in [0.2, 0.25) is 0 Å². The summed E-state index contributed by atoms with van der Waals surface area (Å²) in [6.45, 7) is 0. The lowest BCUT2D eigenvalue weighted by Gasteiger charge is -1.94. The molecule has 1 aromatic rings. The van der Waals surface area contributed by atoms with Gasteiger partial charge in [-0.3, -0.25) is 4.68 Å². The summed E-state index contributed by atoms with van der Waals surface area (Å²) in [5.41, 5.74) is 8.16. The first kappa shape index (κ1) is 6.09. The third-order valence-electron chi connectivity index (χ3n) is 1.76. The van der Waals surface area contributed by atoms with E-state index in [4.69, 9.17) is 5.73 Å². The number of aryl methyl sites for hydroxylation is 1. The van der Waals surface area contributed by atoms with Crippen LogP contribution in [0.15, 0.2) is 0 Å². The van der Waals surface area contributed by atoms with Gasteiger partial charge in [0.15, 0.2) is 0 Å². The summed E-state index contributed by atoms with van der Waals surface area (Å²) < 4.78 is 1.75. The number of anilines is 1. The Balaban J connectivity index is 2.59. The van der Waals surface area contributed by atoms with Gasteiger partial charge in [-0.25, -0.2) is 0 Å². The second-order valence-corrected chi connectivity index (χ2v) is 3.41. The molecule has 0 fully saturated rings. The van der Waals surface area contributed by atoms with Crippen LogP contribution in [0.25, 0.3) is 0 Å². The molecular weight excluding hydrogens is 146 g/mol. The molecule has 0 aliphatic carbocycles. The van der Waals surface area contributed by atoms with Crippen LogP contribution >= 0.6 is 11.8 Å². The minimum absolute atomic E-state index is 0.833. The predicted molar refractivity (Wildman–Crippen MR) is 42.6 cm³/mol. The lowest BCUT2D eigenvalue weighted by atomic mass is 10.3. The van der Waals surface area contributed by atoms with Crippen LogP contribution in [0.2, 0.25) is 0 Å². The molecular formula is C6H9N3S. The molecule has 10 heavy (non-hydrogen) atoms. The maximum Gasteiger partial charge on any atom is 0.125 e. The Morgan fingerprint density at radius 1 is 1.60 bits per heavy atom. The number of aromatic nitrogens is 2. The van der Waals surface area contributed by atoms with Crippen molar-refractivity contribution in [2.24, 2.45) is 7.05 Å². The fourth-order valence-corrected chi connectivity index (χ4v) is 2.21. The molecule has 3 nitrogen and oxygen atoms in total. The molecule has 0 saturated carbocycles. The SMILES string of the molecule is Cn1nc2c(c1N)CSC2. The van der Waals surface area contributed by atoms with E-state index < -0.39 is 0 Å². The van der Waals surface area contributed by atoms with Crippen molar-refractivity contribution in [3.63, 3.8) is 0 Å². The van der Waals surface area contributed by atoms with Crippen molar-refractivity contribution in [2.45, 2.75) is 11.5 Å². The van der Waals surface area contributed by atoms with Gasteiger partial charge in [0.25, 0.3) is 0 Å². The molecule has 0 bridgehead atoms. The van der Waals surface area contributed by atoms with Gasteiger partial charge in [-0.2, -0.15) is 16.9 Å². The highest BCUT2D eigenvalue weighted by Gasteiger charge is 2.18. The van der Waals surface area contributed by atoms with E-state index in [1.807, 2.05) is 18.8 Å². The third-order valence-corrected chi connectivity index (χ3v) is 2.73. The zero-order valence-electron chi connectivity index (χ0n) is 5.79. The van der Waals surface area contributed by atoms with Crippen LogP contribution in [0.4, 0.5) is 5.82 Å². The molecule has 0 amide bonds. The molecule has 0 saturated heterocycles. The summed E-state index contributed by atoms with van der Waals surface area (Å²) in [7, 11) is 1.89. The summed E-state index contributed by atoms with van der Waals surface area (Å²) in [4.78, 5) is 0. The zero-order valence-corrected chi connectivity index (χ0v) is 6.61. The lowest BCUT2D eigenvalue weighted by molar-refractivity contribution is 0.765. The number of hydrogen-bond acceptors (Lipinski definition) is 3. The van der Waals surface area contributed by atoms with E-state index in [1.54, 1.807) is 4.68 Å². The highest BCUT2D eigenvalue weighted by atomic mass is 32.2. The molecule has 4 heteroatoms. The Labute approximate surface area is 63.6 Å². The Morgan fingerprint density at radius 2 is 2.40 bits per heavy atom. The topological polar surface area (TPSA) is 43.8 Å². The Bertz CT molecular complexity index is 266. The molecule has 0 radical (unpaired) electrons. The minimum Gasteiger partial charge on any atom is -0.384 e. The summed E-state index contributed by atoms with van der Waals surface area (Å²) in [5.74, 6) is 2.90. The molecule has 0 unspecified atom stereocenters. The molecule has 2 N–H and O–H groups in total. The molecule has 0 spiro atoms. The number of nitrogen functional groups attached to an aromatic ring is 1. The first-order valence-electron chi connectivity index (χ1n) is 3.17. The van der Waals surface area contributed by atoms with Crippen LogP contribution in [0, 0.1) is 0 Å². The number of nitrogens with two attached hydrogens (primary N) is 1. The van der Waals surface area contributed by atoms with Crippen molar-refractivity contribution in [1.29, 1.82) is 0 Å².